The maximum Gasteiger partial charge on any atom is 0.173 e. The third kappa shape index (κ3) is 12.0. The summed E-state index contributed by atoms with van der Waals surface area (Å²) in [5.41, 5.74) is 0.731. The van der Waals surface area contributed by atoms with Crippen molar-refractivity contribution in [3.63, 3.8) is 0 Å². The minimum Gasteiger partial charge on any atom is -0.377 e. The van der Waals surface area contributed by atoms with Crippen LogP contribution in [0.4, 0.5) is 20.2 Å². The molecule has 2 N–H and O–H groups in total. The fourth-order valence-electron chi connectivity index (χ4n) is 3.51. The van der Waals surface area contributed by atoms with Crippen molar-refractivity contribution >= 4 is 46.0 Å². The Labute approximate surface area is 236 Å². The highest BCUT2D eigenvalue weighted by molar-refractivity contribution is 7.80. The van der Waals surface area contributed by atoms with E-state index in [2.05, 4.69) is 24.5 Å². The van der Waals surface area contributed by atoms with E-state index in [1.165, 1.54) is 12.1 Å². The van der Waals surface area contributed by atoms with E-state index in [1.54, 1.807) is 36.4 Å². The number of nitrogens with zero attached hydrogens (tertiary/aromatic N) is 2. The molecule has 0 spiro atoms. The summed E-state index contributed by atoms with van der Waals surface area (Å²) >= 11 is 11.0. The molecule has 0 atom stereocenters. The van der Waals surface area contributed by atoms with Gasteiger partial charge in [-0.3, -0.25) is 0 Å². The number of hydrogen-bond donors (Lipinski definition) is 2. The highest BCUT2D eigenvalue weighted by atomic mass is 32.1. The van der Waals surface area contributed by atoms with E-state index < -0.39 is 0 Å². The second kappa shape index (κ2) is 18.8. The molecular weight excluding hydrogens is 526 g/mol. The maximum atomic E-state index is 14.0. The Bertz CT molecular complexity index is 906. The molecule has 0 radical (unpaired) electrons. The molecule has 0 heterocycles. The Morgan fingerprint density at radius 1 is 0.658 bits per heavy atom. The fraction of sp³-hybridized carbons (Fsp3) is 0.500. The fourth-order valence-corrected chi connectivity index (χ4v) is 4.10. The molecule has 0 aliphatic heterocycles. The van der Waals surface area contributed by atoms with Crippen molar-refractivity contribution in [2.75, 3.05) is 63.2 Å². The number of anilines is 2. The number of para-hydroxylation sites is 2. The molecular formula is C28H40F2N4O2S2. The highest BCUT2D eigenvalue weighted by Gasteiger charge is 2.13. The standard InChI is InChI=1S/C28H40F2N4O2S2/c1-3-5-15-33(27(37)31-25-13-9-7-11-23(25)29)17-19-35-21-22-36-20-18-34(16-6-4-2)28(38)32-26-14-10-8-12-24(26)30/h7-14H,3-6,15-22H2,1-2H3,(H,31,37)(H,32,38). The van der Waals surface area contributed by atoms with E-state index in [0.29, 0.717) is 61.1 Å². The average molecular weight is 567 g/mol. The summed E-state index contributed by atoms with van der Waals surface area (Å²) in [6.45, 7) is 8.82. The Morgan fingerprint density at radius 2 is 1.05 bits per heavy atom. The number of unbranched alkanes of at least 4 members (excludes halogenated alkanes) is 2. The first-order valence-electron chi connectivity index (χ1n) is 13.2. The molecule has 38 heavy (non-hydrogen) atoms. The van der Waals surface area contributed by atoms with Crippen LogP contribution in [0.25, 0.3) is 0 Å². The SMILES string of the molecule is CCCCN(CCOCCOCCN(CCCC)C(=S)Nc1ccccc1F)C(=S)Nc1ccccc1F. The van der Waals surface area contributed by atoms with Crippen molar-refractivity contribution in [1.29, 1.82) is 0 Å². The quantitative estimate of drug-likeness (QED) is 0.171. The largest absolute Gasteiger partial charge is 0.377 e. The van der Waals surface area contributed by atoms with Gasteiger partial charge in [-0.2, -0.15) is 0 Å². The van der Waals surface area contributed by atoms with Gasteiger partial charge in [0.25, 0.3) is 0 Å². The molecule has 210 valence electrons. The van der Waals surface area contributed by atoms with Gasteiger partial charge in [0.1, 0.15) is 11.6 Å². The maximum absolute atomic E-state index is 14.0. The molecule has 0 saturated heterocycles. The lowest BCUT2D eigenvalue weighted by Crippen LogP contribution is -2.38. The van der Waals surface area contributed by atoms with E-state index in [4.69, 9.17) is 33.9 Å². The Balaban J connectivity index is 1.69. The zero-order valence-electron chi connectivity index (χ0n) is 22.4. The van der Waals surface area contributed by atoms with Gasteiger partial charge in [0.15, 0.2) is 10.2 Å². The average Bonchev–Trinajstić information content (AvgIpc) is 2.91. The van der Waals surface area contributed by atoms with Gasteiger partial charge >= 0.3 is 0 Å². The van der Waals surface area contributed by atoms with Crippen LogP contribution in [0.1, 0.15) is 39.5 Å². The van der Waals surface area contributed by atoms with E-state index in [1.807, 2.05) is 9.80 Å². The van der Waals surface area contributed by atoms with Gasteiger partial charge in [-0.1, -0.05) is 51.0 Å². The molecule has 0 unspecified atom stereocenters. The number of ether oxygens (including phenoxy) is 2. The molecule has 2 aromatic carbocycles. The molecule has 10 heteroatoms. The lowest BCUT2D eigenvalue weighted by atomic mass is 10.3. The molecule has 2 aromatic rings. The Morgan fingerprint density at radius 3 is 1.42 bits per heavy atom. The molecule has 0 aliphatic rings. The van der Waals surface area contributed by atoms with Gasteiger partial charge < -0.3 is 29.9 Å². The summed E-state index contributed by atoms with van der Waals surface area (Å²) in [6, 6.07) is 13.0. The third-order valence-electron chi connectivity index (χ3n) is 5.75. The summed E-state index contributed by atoms with van der Waals surface area (Å²) in [7, 11) is 0. The van der Waals surface area contributed by atoms with Crippen LogP contribution >= 0.6 is 24.4 Å². The number of benzene rings is 2. The monoisotopic (exact) mass is 566 g/mol. The molecule has 0 aromatic heterocycles. The van der Waals surface area contributed by atoms with Crippen LogP contribution in [0.5, 0.6) is 0 Å². The van der Waals surface area contributed by atoms with Crippen LogP contribution in [-0.4, -0.2) is 72.6 Å². The molecule has 6 nitrogen and oxygen atoms in total. The zero-order chi connectivity index (χ0) is 27.6. The number of rotatable bonds is 17. The van der Waals surface area contributed by atoms with Crippen molar-refractivity contribution in [3.8, 4) is 0 Å². The second-order valence-electron chi connectivity index (χ2n) is 8.73. The van der Waals surface area contributed by atoms with Gasteiger partial charge in [0, 0.05) is 26.2 Å². The van der Waals surface area contributed by atoms with Gasteiger partial charge in [-0.15, -0.1) is 0 Å². The van der Waals surface area contributed by atoms with Crippen molar-refractivity contribution in [2.24, 2.45) is 0 Å². The highest BCUT2D eigenvalue weighted by Crippen LogP contribution is 2.15. The van der Waals surface area contributed by atoms with Crippen LogP contribution in [0.15, 0.2) is 48.5 Å². The number of nitrogens with one attached hydrogen (secondary N) is 2. The van der Waals surface area contributed by atoms with Crippen LogP contribution in [0, 0.1) is 11.6 Å². The van der Waals surface area contributed by atoms with Gasteiger partial charge in [0.2, 0.25) is 0 Å². The van der Waals surface area contributed by atoms with E-state index in [-0.39, 0.29) is 11.6 Å². The summed E-state index contributed by atoms with van der Waals surface area (Å²) in [5.74, 6) is -0.675. The van der Waals surface area contributed by atoms with Crippen molar-refractivity contribution in [3.05, 3.63) is 60.2 Å². The lowest BCUT2D eigenvalue weighted by molar-refractivity contribution is 0.0403. The van der Waals surface area contributed by atoms with Gasteiger partial charge in [-0.05, 0) is 61.5 Å². The van der Waals surface area contributed by atoms with Crippen LogP contribution in [0.2, 0.25) is 0 Å². The normalized spacial score (nSPS) is 10.7. The molecule has 0 amide bonds. The minimum absolute atomic E-state index is 0.337. The topological polar surface area (TPSA) is 49.0 Å². The predicted octanol–water partition coefficient (Wildman–Crippen LogP) is 6.30. The van der Waals surface area contributed by atoms with E-state index in [9.17, 15) is 8.78 Å². The summed E-state index contributed by atoms with van der Waals surface area (Å²) in [5, 5.41) is 6.97. The first-order valence-corrected chi connectivity index (χ1v) is 14.0. The van der Waals surface area contributed by atoms with Crippen molar-refractivity contribution in [2.45, 2.75) is 39.5 Å². The summed E-state index contributed by atoms with van der Waals surface area (Å²) < 4.78 is 39.5. The smallest absolute Gasteiger partial charge is 0.173 e. The minimum atomic E-state index is -0.337. The molecule has 0 fully saturated rings. The summed E-state index contributed by atoms with van der Waals surface area (Å²) in [4.78, 5) is 4.00. The number of thiocarbonyl (C=S) groups is 2. The van der Waals surface area contributed by atoms with Crippen LogP contribution < -0.4 is 10.6 Å². The molecule has 0 bridgehead atoms. The molecule has 0 saturated carbocycles. The van der Waals surface area contributed by atoms with Crippen LogP contribution in [-0.2, 0) is 9.47 Å². The first kappa shape index (κ1) is 31.8. The summed E-state index contributed by atoms with van der Waals surface area (Å²) in [6.07, 6.45) is 4.01. The Kier molecular flexibility index (Phi) is 15.7. The number of halogens is 2. The third-order valence-corrected chi connectivity index (χ3v) is 6.47. The van der Waals surface area contributed by atoms with Gasteiger partial charge in [-0.25, -0.2) is 8.78 Å². The number of hydrogen-bond acceptors (Lipinski definition) is 4. The second-order valence-corrected chi connectivity index (χ2v) is 9.50. The van der Waals surface area contributed by atoms with Gasteiger partial charge in [0.05, 0.1) is 37.8 Å². The lowest BCUT2D eigenvalue weighted by Gasteiger charge is -2.26. The van der Waals surface area contributed by atoms with Crippen molar-refractivity contribution < 1.29 is 18.3 Å². The molecule has 2 rings (SSSR count). The van der Waals surface area contributed by atoms with E-state index >= 15 is 0 Å². The van der Waals surface area contributed by atoms with E-state index in [0.717, 1.165) is 38.8 Å². The zero-order valence-corrected chi connectivity index (χ0v) is 24.0. The Hall–Kier alpha value is -2.40. The van der Waals surface area contributed by atoms with Crippen LogP contribution in [0.3, 0.4) is 0 Å². The molecule has 0 aliphatic carbocycles. The first-order chi connectivity index (χ1) is 18.5. The predicted molar refractivity (Wildman–Crippen MR) is 160 cm³/mol. The van der Waals surface area contributed by atoms with Crippen molar-refractivity contribution in [1.82, 2.24) is 9.80 Å².